The van der Waals surface area contributed by atoms with E-state index in [1.807, 2.05) is 25.1 Å². The van der Waals surface area contributed by atoms with E-state index in [2.05, 4.69) is 5.32 Å². The molecule has 0 spiro atoms. The first kappa shape index (κ1) is 14.7. The zero-order chi connectivity index (χ0) is 14.4. The molecule has 5 nitrogen and oxygen atoms in total. The van der Waals surface area contributed by atoms with Crippen molar-refractivity contribution in [1.82, 2.24) is 5.32 Å². The molecule has 0 radical (unpaired) electrons. The molecule has 2 rings (SSSR count). The van der Waals surface area contributed by atoms with Gasteiger partial charge in [0.05, 0.1) is 19.6 Å². The Morgan fingerprint density at radius 3 is 2.85 bits per heavy atom. The second kappa shape index (κ2) is 7.14. The summed E-state index contributed by atoms with van der Waals surface area (Å²) in [7, 11) is 0. The summed E-state index contributed by atoms with van der Waals surface area (Å²) >= 11 is 0. The average Bonchev–Trinajstić information content (AvgIpc) is 3.24. The molecule has 0 saturated heterocycles. The molecule has 1 saturated carbocycles. The van der Waals surface area contributed by atoms with Gasteiger partial charge in [-0.25, -0.2) is 0 Å². The van der Waals surface area contributed by atoms with Gasteiger partial charge in [-0.15, -0.1) is 0 Å². The zero-order valence-corrected chi connectivity index (χ0v) is 11.9. The Morgan fingerprint density at radius 1 is 1.40 bits per heavy atom. The number of hydrogen-bond acceptors (Lipinski definition) is 4. The summed E-state index contributed by atoms with van der Waals surface area (Å²) < 4.78 is 11.2. The summed E-state index contributed by atoms with van der Waals surface area (Å²) in [5.41, 5.74) is 6.59. The van der Waals surface area contributed by atoms with Crippen LogP contribution in [-0.4, -0.2) is 25.2 Å². The lowest BCUT2D eigenvalue weighted by Gasteiger charge is -2.15. The molecule has 0 bridgehead atoms. The van der Waals surface area contributed by atoms with Crippen LogP contribution in [0.3, 0.4) is 0 Å². The van der Waals surface area contributed by atoms with Crippen molar-refractivity contribution in [3.8, 4) is 11.5 Å². The van der Waals surface area contributed by atoms with Gasteiger partial charge in [0.2, 0.25) is 5.91 Å². The minimum atomic E-state index is 0.0377. The number of benzene rings is 1. The molecule has 1 amide bonds. The van der Waals surface area contributed by atoms with E-state index in [1.165, 1.54) is 0 Å². The summed E-state index contributed by atoms with van der Waals surface area (Å²) in [6.45, 7) is 3.19. The quantitative estimate of drug-likeness (QED) is 0.757. The Balaban J connectivity index is 1.90. The third kappa shape index (κ3) is 4.13. The van der Waals surface area contributed by atoms with Gasteiger partial charge in [0.15, 0.2) is 11.5 Å². The van der Waals surface area contributed by atoms with Crippen molar-refractivity contribution in [2.75, 3.05) is 13.2 Å². The van der Waals surface area contributed by atoms with Gasteiger partial charge < -0.3 is 20.5 Å². The lowest BCUT2D eigenvalue weighted by Crippen LogP contribution is -2.26. The van der Waals surface area contributed by atoms with Crippen LogP contribution in [0.4, 0.5) is 0 Å². The molecule has 3 N–H and O–H groups in total. The molecule has 0 heterocycles. The van der Waals surface area contributed by atoms with E-state index < -0.39 is 0 Å². The zero-order valence-electron chi connectivity index (χ0n) is 11.9. The number of rotatable bonds is 8. The maximum atomic E-state index is 11.6. The van der Waals surface area contributed by atoms with E-state index in [-0.39, 0.29) is 5.91 Å². The van der Waals surface area contributed by atoms with Crippen molar-refractivity contribution in [1.29, 1.82) is 0 Å². The van der Waals surface area contributed by atoms with Crippen molar-refractivity contribution in [2.45, 2.75) is 38.8 Å². The Kier molecular flexibility index (Phi) is 5.24. The van der Waals surface area contributed by atoms with Crippen LogP contribution in [0, 0.1) is 0 Å². The molecule has 1 aromatic carbocycles. The monoisotopic (exact) mass is 278 g/mol. The number of nitrogens with two attached hydrogens (primary N) is 1. The first-order chi connectivity index (χ1) is 9.74. The van der Waals surface area contributed by atoms with E-state index >= 15 is 0 Å². The molecule has 1 aliphatic rings. The molecule has 0 aromatic heterocycles. The Bertz CT molecular complexity index is 458. The van der Waals surface area contributed by atoms with Crippen LogP contribution in [0.25, 0.3) is 0 Å². The molecular weight excluding hydrogens is 256 g/mol. The smallest absolute Gasteiger partial charge is 0.223 e. The second-order valence-corrected chi connectivity index (χ2v) is 4.82. The number of ether oxygens (including phenoxy) is 2. The van der Waals surface area contributed by atoms with Crippen molar-refractivity contribution < 1.29 is 14.3 Å². The standard InChI is InChI=1S/C15H22N2O3/c1-2-19-13-5-3-4-11(10-16)15(13)20-9-8-14(18)17-12-6-7-12/h3-5,12H,2,6-10,16H2,1H3,(H,17,18). The van der Waals surface area contributed by atoms with Gasteiger partial charge in [-0.05, 0) is 25.8 Å². The summed E-state index contributed by atoms with van der Waals surface area (Å²) in [5, 5.41) is 2.93. The summed E-state index contributed by atoms with van der Waals surface area (Å²) in [6, 6.07) is 6.03. The van der Waals surface area contributed by atoms with Crippen LogP contribution >= 0.6 is 0 Å². The fraction of sp³-hybridized carbons (Fsp3) is 0.533. The maximum absolute atomic E-state index is 11.6. The minimum Gasteiger partial charge on any atom is -0.490 e. The lowest BCUT2D eigenvalue weighted by molar-refractivity contribution is -0.121. The first-order valence-corrected chi connectivity index (χ1v) is 7.11. The predicted molar refractivity (Wildman–Crippen MR) is 76.8 cm³/mol. The van der Waals surface area contributed by atoms with E-state index in [4.69, 9.17) is 15.2 Å². The van der Waals surface area contributed by atoms with Crippen LogP contribution in [-0.2, 0) is 11.3 Å². The number of para-hydroxylation sites is 1. The van der Waals surface area contributed by atoms with Crippen LogP contribution in [0.5, 0.6) is 11.5 Å². The molecule has 110 valence electrons. The van der Waals surface area contributed by atoms with Gasteiger partial charge >= 0.3 is 0 Å². The van der Waals surface area contributed by atoms with Crippen molar-refractivity contribution in [2.24, 2.45) is 5.73 Å². The lowest BCUT2D eigenvalue weighted by atomic mass is 10.2. The van der Waals surface area contributed by atoms with Gasteiger partial charge in [0, 0.05) is 18.2 Å². The third-order valence-corrected chi connectivity index (χ3v) is 3.10. The Hall–Kier alpha value is -1.75. The molecule has 20 heavy (non-hydrogen) atoms. The molecule has 1 aromatic rings. The molecule has 0 unspecified atom stereocenters. The summed E-state index contributed by atoms with van der Waals surface area (Å²) in [5.74, 6) is 1.37. The summed E-state index contributed by atoms with van der Waals surface area (Å²) in [6.07, 6.45) is 2.54. The van der Waals surface area contributed by atoms with Crippen LogP contribution in [0.15, 0.2) is 18.2 Å². The van der Waals surface area contributed by atoms with Crippen LogP contribution < -0.4 is 20.5 Å². The molecule has 0 aliphatic heterocycles. The Labute approximate surface area is 119 Å². The van der Waals surface area contributed by atoms with E-state index in [1.54, 1.807) is 0 Å². The second-order valence-electron chi connectivity index (χ2n) is 4.82. The molecule has 0 atom stereocenters. The fourth-order valence-corrected chi connectivity index (χ4v) is 1.93. The highest BCUT2D eigenvalue weighted by atomic mass is 16.5. The number of nitrogens with one attached hydrogen (secondary N) is 1. The van der Waals surface area contributed by atoms with E-state index in [0.29, 0.717) is 43.7 Å². The van der Waals surface area contributed by atoms with Crippen molar-refractivity contribution in [3.63, 3.8) is 0 Å². The molecule has 1 aliphatic carbocycles. The number of carbonyl (C=O) groups is 1. The maximum Gasteiger partial charge on any atom is 0.223 e. The normalized spacial score (nSPS) is 13.9. The number of carbonyl (C=O) groups excluding carboxylic acids is 1. The molecular formula is C15H22N2O3. The van der Waals surface area contributed by atoms with E-state index in [9.17, 15) is 4.79 Å². The van der Waals surface area contributed by atoms with Gasteiger partial charge in [-0.3, -0.25) is 4.79 Å². The largest absolute Gasteiger partial charge is 0.490 e. The molecule has 1 fully saturated rings. The van der Waals surface area contributed by atoms with Crippen molar-refractivity contribution >= 4 is 5.91 Å². The van der Waals surface area contributed by atoms with Gasteiger partial charge in [-0.1, -0.05) is 12.1 Å². The highest BCUT2D eigenvalue weighted by molar-refractivity contribution is 5.76. The van der Waals surface area contributed by atoms with Gasteiger partial charge in [-0.2, -0.15) is 0 Å². The van der Waals surface area contributed by atoms with Crippen LogP contribution in [0.1, 0.15) is 31.7 Å². The topological polar surface area (TPSA) is 73.6 Å². The van der Waals surface area contributed by atoms with Crippen molar-refractivity contribution in [3.05, 3.63) is 23.8 Å². The van der Waals surface area contributed by atoms with Crippen LogP contribution in [0.2, 0.25) is 0 Å². The predicted octanol–water partition coefficient (Wildman–Crippen LogP) is 1.59. The minimum absolute atomic E-state index is 0.0377. The average molecular weight is 278 g/mol. The highest BCUT2D eigenvalue weighted by Gasteiger charge is 2.23. The highest BCUT2D eigenvalue weighted by Crippen LogP contribution is 2.31. The van der Waals surface area contributed by atoms with E-state index in [0.717, 1.165) is 18.4 Å². The van der Waals surface area contributed by atoms with Gasteiger partial charge in [0.25, 0.3) is 0 Å². The first-order valence-electron chi connectivity index (χ1n) is 7.11. The SMILES string of the molecule is CCOc1cccc(CN)c1OCCC(=O)NC1CC1. The van der Waals surface area contributed by atoms with Gasteiger partial charge in [0.1, 0.15) is 0 Å². The number of hydrogen-bond donors (Lipinski definition) is 2. The third-order valence-electron chi connectivity index (χ3n) is 3.10. The molecule has 5 heteroatoms. The summed E-state index contributed by atoms with van der Waals surface area (Å²) in [4.78, 5) is 11.6. The number of amides is 1. The fourth-order valence-electron chi connectivity index (χ4n) is 1.93. The Morgan fingerprint density at radius 2 is 2.20 bits per heavy atom.